The molecule has 0 bridgehead atoms. The van der Waals surface area contributed by atoms with Crippen LogP contribution < -0.4 is 9.64 Å². The lowest BCUT2D eigenvalue weighted by Gasteiger charge is -2.30. The van der Waals surface area contributed by atoms with E-state index in [1.165, 1.54) is 18.6 Å². The number of hydrogen-bond acceptors (Lipinski definition) is 6. The minimum atomic E-state index is -0.487. The lowest BCUT2D eigenvalue weighted by atomic mass is 10.1. The van der Waals surface area contributed by atoms with E-state index in [-0.39, 0.29) is 5.91 Å². The Morgan fingerprint density at radius 2 is 2.18 bits per heavy atom. The van der Waals surface area contributed by atoms with Crippen molar-refractivity contribution in [3.05, 3.63) is 40.4 Å². The van der Waals surface area contributed by atoms with Crippen molar-refractivity contribution in [3.63, 3.8) is 0 Å². The number of esters is 1. The Hall–Kier alpha value is -2.41. The van der Waals surface area contributed by atoms with Gasteiger partial charge in [-0.15, -0.1) is 0 Å². The number of anilines is 1. The van der Waals surface area contributed by atoms with Gasteiger partial charge in [0.2, 0.25) is 0 Å². The lowest BCUT2D eigenvalue weighted by Crippen LogP contribution is -2.38. The highest BCUT2D eigenvalue weighted by atomic mass is 32.1. The van der Waals surface area contributed by atoms with E-state index in [9.17, 15) is 9.59 Å². The Morgan fingerprint density at radius 1 is 1.36 bits per heavy atom. The zero-order valence-electron chi connectivity index (χ0n) is 12.2. The summed E-state index contributed by atoms with van der Waals surface area (Å²) in [5.41, 5.74) is 2.16. The van der Waals surface area contributed by atoms with Crippen LogP contribution in [0.4, 0.5) is 5.69 Å². The van der Waals surface area contributed by atoms with E-state index in [0.717, 1.165) is 0 Å². The van der Waals surface area contributed by atoms with Crippen molar-refractivity contribution in [3.8, 4) is 5.75 Å². The van der Waals surface area contributed by atoms with E-state index < -0.39 is 5.97 Å². The Labute approximate surface area is 131 Å². The van der Waals surface area contributed by atoms with Gasteiger partial charge in [0.1, 0.15) is 12.2 Å². The maximum Gasteiger partial charge on any atom is 0.341 e. The normalized spacial score (nSPS) is 13.3. The third kappa shape index (κ3) is 2.33. The molecule has 1 aliphatic rings. The minimum Gasteiger partial charge on any atom is -0.489 e. The van der Waals surface area contributed by atoms with Crippen LogP contribution in [0.2, 0.25) is 0 Å². The third-order valence-corrected chi connectivity index (χ3v) is 4.20. The van der Waals surface area contributed by atoms with Crippen molar-refractivity contribution in [2.45, 2.75) is 6.92 Å². The van der Waals surface area contributed by atoms with Crippen molar-refractivity contribution in [2.24, 2.45) is 0 Å². The van der Waals surface area contributed by atoms with Crippen LogP contribution in [0.25, 0.3) is 0 Å². The first-order valence-electron chi connectivity index (χ1n) is 6.70. The van der Waals surface area contributed by atoms with E-state index in [0.29, 0.717) is 41.4 Å². The second-order valence-electron chi connectivity index (χ2n) is 4.76. The lowest BCUT2D eigenvalue weighted by molar-refractivity contribution is 0.0595. The number of carbonyl (C=O) groups excluding carboxylic acids is 2. The molecule has 0 radical (unpaired) electrons. The number of carbonyl (C=O) groups is 2. The van der Waals surface area contributed by atoms with Crippen LogP contribution in [0.1, 0.15) is 26.4 Å². The molecule has 0 saturated heterocycles. The summed E-state index contributed by atoms with van der Waals surface area (Å²) in [6.07, 6.45) is 0. The molecule has 1 aromatic carbocycles. The predicted molar refractivity (Wildman–Crippen MR) is 81.8 cm³/mol. The molecule has 114 valence electrons. The van der Waals surface area contributed by atoms with Gasteiger partial charge in [-0.25, -0.2) is 4.79 Å². The van der Waals surface area contributed by atoms with Crippen LogP contribution >= 0.6 is 11.5 Å². The largest absolute Gasteiger partial charge is 0.489 e. The Kier molecular flexibility index (Phi) is 3.81. The number of nitrogens with zero attached hydrogens (tertiary/aromatic N) is 2. The molecule has 0 saturated carbocycles. The van der Waals surface area contributed by atoms with Gasteiger partial charge >= 0.3 is 5.97 Å². The summed E-state index contributed by atoms with van der Waals surface area (Å²) in [5.74, 6) is -0.243. The minimum absolute atomic E-state index is 0.141. The van der Waals surface area contributed by atoms with Gasteiger partial charge in [-0.1, -0.05) is 6.07 Å². The molecule has 0 aliphatic carbocycles. The molecule has 2 aromatic rings. The number of ether oxygens (including phenoxy) is 2. The molecule has 6 nitrogen and oxygen atoms in total. The van der Waals surface area contributed by atoms with Crippen molar-refractivity contribution >= 4 is 29.1 Å². The number of para-hydroxylation sites is 1. The molecule has 3 rings (SSSR count). The Bertz CT molecular complexity index is 741. The topological polar surface area (TPSA) is 68.7 Å². The SMILES string of the molecule is COC(=O)c1cccc2c1OCCN2C(=O)c1csnc1C. The number of aryl methyl sites for hydroxylation is 1. The number of fused-ring (bicyclic) bond motifs is 1. The number of benzene rings is 1. The highest BCUT2D eigenvalue weighted by molar-refractivity contribution is 7.04. The van der Waals surface area contributed by atoms with Crippen LogP contribution in [0.3, 0.4) is 0 Å². The van der Waals surface area contributed by atoms with Gasteiger partial charge in [-0.2, -0.15) is 4.37 Å². The van der Waals surface area contributed by atoms with Crippen LogP contribution in [0.5, 0.6) is 5.75 Å². The van der Waals surface area contributed by atoms with Gasteiger partial charge in [-0.05, 0) is 30.6 Å². The summed E-state index contributed by atoms with van der Waals surface area (Å²) in [5, 5.41) is 1.73. The van der Waals surface area contributed by atoms with Gasteiger partial charge < -0.3 is 14.4 Å². The van der Waals surface area contributed by atoms with E-state index in [1.54, 1.807) is 35.4 Å². The van der Waals surface area contributed by atoms with Crippen LogP contribution in [-0.4, -0.2) is 36.5 Å². The molecule has 0 fully saturated rings. The monoisotopic (exact) mass is 318 g/mol. The highest BCUT2D eigenvalue weighted by Gasteiger charge is 2.29. The summed E-state index contributed by atoms with van der Waals surface area (Å²) < 4.78 is 14.5. The second kappa shape index (κ2) is 5.76. The first-order chi connectivity index (χ1) is 10.6. The van der Waals surface area contributed by atoms with Gasteiger partial charge in [0.05, 0.1) is 30.6 Å². The maximum atomic E-state index is 12.7. The van der Waals surface area contributed by atoms with E-state index >= 15 is 0 Å². The fourth-order valence-corrected chi connectivity index (χ4v) is 3.06. The van der Waals surface area contributed by atoms with Crippen molar-refractivity contribution in [1.82, 2.24) is 4.37 Å². The third-order valence-electron chi connectivity index (χ3n) is 3.48. The average Bonchev–Trinajstić information content (AvgIpc) is 2.98. The molecule has 1 aliphatic heterocycles. The van der Waals surface area contributed by atoms with Gasteiger partial charge in [0.25, 0.3) is 5.91 Å². The summed E-state index contributed by atoms with van der Waals surface area (Å²) in [6.45, 7) is 2.55. The zero-order valence-corrected chi connectivity index (χ0v) is 13.0. The Morgan fingerprint density at radius 3 is 2.86 bits per heavy atom. The van der Waals surface area contributed by atoms with Crippen molar-refractivity contribution < 1.29 is 19.1 Å². The molecule has 0 atom stereocenters. The summed E-state index contributed by atoms with van der Waals surface area (Å²) >= 11 is 1.25. The van der Waals surface area contributed by atoms with Crippen molar-refractivity contribution in [1.29, 1.82) is 0 Å². The van der Waals surface area contributed by atoms with Crippen molar-refractivity contribution in [2.75, 3.05) is 25.2 Å². The molecule has 22 heavy (non-hydrogen) atoms. The molecule has 7 heteroatoms. The molecule has 1 aromatic heterocycles. The Balaban J connectivity index is 2.04. The fourth-order valence-electron chi connectivity index (χ4n) is 2.37. The average molecular weight is 318 g/mol. The molecule has 1 amide bonds. The molecule has 0 unspecified atom stereocenters. The van der Waals surface area contributed by atoms with Crippen LogP contribution in [0, 0.1) is 6.92 Å². The molecule has 0 N–H and O–H groups in total. The highest BCUT2D eigenvalue weighted by Crippen LogP contribution is 2.36. The summed E-state index contributed by atoms with van der Waals surface area (Å²) in [7, 11) is 1.31. The molecule has 0 spiro atoms. The predicted octanol–water partition coefficient (Wildman–Crippen LogP) is 2.28. The van der Waals surface area contributed by atoms with E-state index in [2.05, 4.69) is 4.37 Å². The van der Waals surface area contributed by atoms with Gasteiger partial charge in [-0.3, -0.25) is 4.79 Å². The van der Waals surface area contributed by atoms with E-state index in [1.807, 2.05) is 0 Å². The molecular weight excluding hydrogens is 304 g/mol. The van der Waals surface area contributed by atoms with Crippen LogP contribution in [-0.2, 0) is 4.74 Å². The first-order valence-corrected chi connectivity index (χ1v) is 7.54. The standard InChI is InChI=1S/C15H14N2O4S/c1-9-11(8-22-16-9)14(18)17-6-7-21-13-10(15(19)20-2)4-3-5-12(13)17/h3-5,8H,6-7H2,1-2H3. The summed E-state index contributed by atoms with van der Waals surface area (Å²) in [4.78, 5) is 26.2. The van der Waals surface area contributed by atoms with Gasteiger partial charge in [0, 0.05) is 5.38 Å². The number of hydrogen-bond donors (Lipinski definition) is 0. The van der Waals surface area contributed by atoms with Crippen LogP contribution in [0.15, 0.2) is 23.6 Å². The summed E-state index contributed by atoms with van der Waals surface area (Å²) in [6, 6.07) is 5.09. The number of rotatable bonds is 2. The maximum absolute atomic E-state index is 12.7. The number of amides is 1. The second-order valence-corrected chi connectivity index (χ2v) is 5.39. The first kappa shape index (κ1) is 14.5. The number of aromatic nitrogens is 1. The quantitative estimate of drug-likeness (QED) is 0.795. The zero-order chi connectivity index (χ0) is 15.7. The van der Waals surface area contributed by atoms with E-state index in [4.69, 9.17) is 9.47 Å². The molecular formula is C15H14N2O4S. The molecule has 2 heterocycles. The van der Waals surface area contributed by atoms with Gasteiger partial charge in [0.15, 0.2) is 5.75 Å². The fraction of sp³-hybridized carbons (Fsp3) is 0.267. The number of methoxy groups -OCH3 is 1. The smallest absolute Gasteiger partial charge is 0.341 e.